The van der Waals surface area contributed by atoms with E-state index in [-0.39, 0.29) is 39.2 Å². The number of nitrogens with one attached hydrogen (secondary N) is 1. The van der Waals surface area contributed by atoms with Crippen LogP contribution in [0.2, 0.25) is 20.1 Å². The third-order valence-electron chi connectivity index (χ3n) is 5.35. The van der Waals surface area contributed by atoms with E-state index in [0.717, 1.165) is 10.6 Å². The Morgan fingerprint density at radius 2 is 1.63 bits per heavy atom. The molecular weight excluding hydrogens is 556 g/mol. The first-order valence-electron chi connectivity index (χ1n) is 10.7. The average Bonchev–Trinajstić information content (AvgIpc) is 2.77. The SMILES string of the molecule is CC[C@H](C)NC(=O)[C@@H](C)N(Cc1cccc(Cl)c1)C(=O)CN(c1cc(Cl)c(Cl)cc1Cl)S(C)(=O)=O. The van der Waals surface area contributed by atoms with Crippen molar-refractivity contribution in [3.63, 3.8) is 0 Å². The molecule has 0 fully saturated rings. The second-order valence-electron chi connectivity index (χ2n) is 8.13. The second kappa shape index (κ2) is 12.5. The monoisotopic (exact) mass is 581 g/mol. The number of benzene rings is 2. The summed E-state index contributed by atoms with van der Waals surface area (Å²) in [5.41, 5.74) is 0.670. The van der Waals surface area contributed by atoms with Crippen LogP contribution in [0.25, 0.3) is 0 Å². The van der Waals surface area contributed by atoms with Crippen LogP contribution in [0.1, 0.15) is 32.8 Å². The first-order valence-corrected chi connectivity index (χ1v) is 14.1. The molecule has 0 aliphatic carbocycles. The van der Waals surface area contributed by atoms with Crippen molar-refractivity contribution >= 4 is 73.9 Å². The molecule has 0 saturated carbocycles. The van der Waals surface area contributed by atoms with Crippen LogP contribution in [-0.2, 0) is 26.2 Å². The van der Waals surface area contributed by atoms with Crippen LogP contribution < -0.4 is 9.62 Å². The van der Waals surface area contributed by atoms with E-state index < -0.39 is 28.5 Å². The van der Waals surface area contributed by atoms with E-state index in [1.54, 1.807) is 31.2 Å². The Bertz CT molecular complexity index is 1190. The van der Waals surface area contributed by atoms with Gasteiger partial charge in [-0.3, -0.25) is 13.9 Å². The van der Waals surface area contributed by atoms with Gasteiger partial charge in [0.1, 0.15) is 12.6 Å². The molecule has 1 N–H and O–H groups in total. The number of anilines is 1. The summed E-state index contributed by atoms with van der Waals surface area (Å²) >= 11 is 24.4. The summed E-state index contributed by atoms with van der Waals surface area (Å²) in [5.74, 6) is -0.988. The van der Waals surface area contributed by atoms with Gasteiger partial charge >= 0.3 is 0 Å². The number of sulfonamides is 1. The standard InChI is InChI=1S/C23H27Cl4N3O4S/c1-5-14(2)28-23(32)15(3)29(12-16-7-6-8-17(24)9-16)22(31)13-30(35(4,33)34)21-11-19(26)18(25)10-20(21)27/h6-11,14-15H,5,12-13H2,1-4H3,(H,28,32)/t14-,15+/m0/s1. The number of halogens is 4. The van der Waals surface area contributed by atoms with Crippen molar-refractivity contribution in [2.75, 3.05) is 17.1 Å². The van der Waals surface area contributed by atoms with Gasteiger partial charge in [0.05, 0.1) is 27.0 Å². The maximum Gasteiger partial charge on any atom is 0.244 e. The third-order valence-corrected chi connectivity index (χ3v) is 7.73. The maximum absolute atomic E-state index is 13.5. The molecule has 2 aromatic carbocycles. The molecule has 0 heterocycles. The molecule has 0 radical (unpaired) electrons. The van der Waals surface area contributed by atoms with E-state index in [1.165, 1.54) is 17.0 Å². The van der Waals surface area contributed by atoms with Gasteiger partial charge in [0.2, 0.25) is 21.8 Å². The number of rotatable bonds is 10. The lowest BCUT2D eigenvalue weighted by molar-refractivity contribution is -0.139. The van der Waals surface area contributed by atoms with E-state index in [9.17, 15) is 18.0 Å². The first-order chi connectivity index (χ1) is 16.2. The van der Waals surface area contributed by atoms with Crippen molar-refractivity contribution in [1.82, 2.24) is 10.2 Å². The van der Waals surface area contributed by atoms with Gasteiger partial charge in [-0.05, 0) is 50.1 Å². The van der Waals surface area contributed by atoms with E-state index in [2.05, 4.69) is 5.32 Å². The molecule has 0 saturated heterocycles. The quantitative estimate of drug-likeness (QED) is 0.380. The fourth-order valence-corrected chi connectivity index (χ4v) is 4.94. The number of nitrogens with zero attached hydrogens (tertiary/aromatic N) is 2. The lowest BCUT2D eigenvalue weighted by Gasteiger charge is -2.32. The van der Waals surface area contributed by atoms with Gasteiger partial charge in [-0.25, -0.2) is 8.42 Å². The molecule has 7 nitrogen and oxygen atoms in total. The highest BCUT2D eigenvalue weighted by molar-refractivity contribution is 7.92. The average molecular weight is 583 g/mol. The van der Waals surface area contributed by atoms with Crippen molar-refractivity contribution in [1.29, 1.82) is 0 Å². The lowest BCUT2D eigenvalue weighted by Crippen LogP contribution is -2.52. The van der Waals surface area contributed by atoms with Crippen molar-refractivity contribution in [2.24, 2.45) is 0 Å². The Morgan fingerprint density at radius 1 is 1.00 bits per heavy atom. The van der Waals surface area contributed by atoms with Gasteiger partial charge in [0, 0.05) is 17.6 Å². The molecule has 0 unspecified atom stereocenters. The molecule has 0 bridgehead atoms. The van der Waals surface area contributed by atoms with Crippen LogP contribution in [0.5, 0.6) is 0 Å². The number of hydrogen-bond donors (Lipinski definition) is 1. The number of carbonyl (C=O) groups is 2. The summed E-state index contributed by atoms with van der Waals surface area (Å²) in [5, 5.41) is 3.53. The van der Waals surface area contributed by atoms with Crippen LogP contribution in [0, 0.1) is 0 Å². The van der Waals surface area contributed by atoms with Crippen LogP contribution in [0.4, 0.5) is 5.69 Å². The zero-order chi connectivity index (χ0) is 26.5. The predicted molar refractivity (Wildman–Crippen MR) is 143 cm³/mol. The second-order valence-corrected chi connectivity index (χ2v) is 11.7. The third kappa shape index (κ3) is 8.15. The molecule has 0 spiro atoms. The Balaban J connectivity index is 2.46. The zero-order valence-electron chi connectivity index (χ0n) is 19.7. The lowest BCUT2D eigenvalue weighted by atomic mass is 10.1. The molecule has 2 amide bonds. The van der Waals surface area contributed by atoms with Crippen molar-refractivity contribution in [2.45, 2.75) is 45.8 Å². The Kier molecular flexibility index (Phi) is 10.5. The minimum atomic E-state index is -3.97. The minimum Gasteiger partial charge on any atom is -0.352 e. The zero-order valence-corrected chi connectivity index (χ0v) is 23.5. The summed E-state index contributed by atoms with van der Waals surface area (Å²) in [4.78, 5) is 27.7. The summed E-state index contributed by atoms with van der Waals surface area (Å²) in [6.07, 6.45) is 1.65. The fourth-order valence-electron chi connectivity index (χ4n) is 3.18. The molecule has 0 aliphatic rings. The highest BCUT2D eigenvalue weighted by Gasteiger charge is 2.31. The van der Waals surface area contributed by atoms with Crippen LogP contribution >= 0.6 is 46.4 Å². The van der Waals surface area contributed by atoms with E-state index in [0.29, 0.717) is 17.0 Å². The minimum absolute atomic E-state index is 0.00146. The number of amides is 2. The summed E-state index contributed by atoms with van der Waals surface area (Å²) in [6, 6.07) is 8.42. The van der Waals surface area contributed by atoms with Gasteiger partial charge in [0.25, 0.3) is 0 Å². The molecule has 2 rings (SSSR count). The topological polar surface area (TPSA) is 86.8 Å². The molecule has 0 aromatic heterocycles. The largest absolute Gasteiger partial charge is 0.352 e. The molecule has 12 heteroatoms. The fraction of sp³-hybridized carbons (Fsp3) is 0.391. The highest BCUT2D eigenvalue weighted by atomic mass is 35.5. The van der Waals surface area contributed by atoms with Gasteiger partial charge in [-0.15, -0.1) is 0 Å². The Labute approximate surface area is 226 Å². The molecular formula is C23H27Cl4N3O4S. The molecule has 2 aromatic rings. The van der Waals surface area contributed by atoms with Gasteiger partial charge in [-0.2, -0.15) is 0 Å². The smallest absolute Gasteiger partial charge is 0.244 e. The Morgan fingerprint density at radius 3 is 2.20 bits per heavy atom. The summed E-state index contributed by atoms with van der Waals surface area (Å²) < 4.78 is 26.1. The number of hydrogen-bond acceptors (Lipinski definition) is 4. The molecule has 192 valence electrons. The predicted octanol–water partition coefficient (Wildman–Crippen LogP) is 5.40. The van der Waals surface area contributed by atoms with Crippen LogP contribution in [0.15, 0.2) is 36.4 Å². The first kappa shape index (κ1) is 29.5. The van der Waals surface area contributed by atoms with Crippen molar-refractivity contribution in [3.8, 4) is 0 Å². The van der Waals surface area contributed by atoms with E-state index >= 15 is 0 Å². The molecule has 0 aliphatic heterocycles. The normalized spacial score (nSPS) is 13.1. The van der Waals surface area contributed by atoms with Crippen LogP contribution in [0.3, 0.4) is 0 Å². The van der Waals surface area contributed by atoms with Gasteiger partial charge in [-0.1, -0.05) is 65.5 Å². The highest BCUT2D eigenvalue weighted by Crippen LogP contribution is 2.35. The van der Waals surface area contributed by atoms with Crippen molar-refractivity contribution < 1.29 is 18.0 Å². The van der Waals surface area contributed by atoms with Crippen LogP contribution in [-0.4, -0.2) is 50.0 Å². The summed E-state index contributed by atoms with van der Waals surface area (Å²) in [7, 11) is -3.97. The van der Waals surface area contributed by atoms with Gasteiger partial charge < -0.3 is 10.2 Å². The molecule has 2 atom stereocenters. The van der Waals surface area contributed by atoms with E-state index in [1.807, 2.05) is 13.8 Å². The van der Waals surface area contributed by atoms with Crippen molar-refractivity contribution in [3.05, 3.63) is 62.1 Å². The summed E-state index contributed by atoms with van der Waals surface area (Å²) in [6.45, 7) is 4.78. The molecule has 35 heavy (non-hydrogen) atoms. The number of carbonyl (C=O) groups excluding carboxylic acids is 2. The van der Waals surface area contributed by atoms with Gasteiger partial charge in [0.15, 0.2) is 0 Å². The van der Waals surface area contributed by atoms with E-state index in [4.69, 9.17) is 46.4 Å². The Hall–Kier alpha value is -1.71. The maximum atomic E-state index is 13.5.